The predicted octanol–water partition coefficient (Wildman–Crippen LogP) is 4.15. The van der Waals surface area contributed by atoms with E-state index in [0.29, 0.717) is 38.6 Å². The fourth-order valence-electron chi connectivity index (χ4n) is 4.93. The minimum Gasteiger partial charge on any atom is -0.393 e. The summed E-state index contributed by atoms with van der Waals surface area (Å²) in [6.45, 7) is 4.40. The Bertz CT molecular complexity index is 519. The molecular formula is C22H39F2NO4. The Kier molecular flexibility index (Phi) is 9.29. The highest BCUT2D eigenvalue weighted by Gasteiger charge is 2.59. The Labute approximate surface area is 173 Å². The van der Waals surface area contributed by atoms with Gasteiger partial charge in [-0.05, 0) is 44.4 Å². The smallest absolute Gasteiger partial charge is 0.300 e. The minimum atomic E-state index is -3.26. The molecule has 1 heterocycles. The fraction of sp³-hybridized carbons (Fsp3) is 0.955. The number of aliphatic hydroxyl groups is 2. The number of rotatable bonds is 12. The Hall–Kier alpha value is -0.790. The van der Waals surface area contributed by atoms with Crippen LogP contribution in [0.25, 0.3) is 0 Å². The average molecular weight is 420 g/mol. The van der Waals surface area contributed by atoms with Crippen LogP contribution in [0.2, 0.25) is 0 Å². The number of hydrogen-bond donors (Lipinski definition) is 3. The van der Waals surface area contributed by atoms with Crippen LogP contribution in [0.4, 0.5) is 8.78 Å². The third-order valence-electron chi connectivity index (χ3n) is 6.64. The quantitative estimate of drug-likeness (QED) is 0.415. The molecule has 0 radical (unpaired) electrons. The highest BCUT2D eigenvalue weighted by atomic mass is 19.3. The molecule has 2 rings (SSSR count). The summed E-state index contributed by atoms with van der Waals surface area (Å²) in [5, 5.41) is 23.8. The van der Waals surface area contributed by atoms with Gasteiger partial charge in [-0.3, -0.25) is 4.79 Å². The Morgan fingerprint density at radius 3 is 2.62 bits per heavy atom. The van der Waals surface area contributed by atoms with Gasteiger partial charge in [-0.25, -0.2) is 8.78 Å². The van der Waals surface area contributed by atoms with Gasteiger partial charge in [0.15, 0.2) is 0 Å². The highest BCUT2D eigenvalue weighted by Crippen LogP contribution is 2.50. The summed E-state index contributed by atoms with van der Waals surface area (Å²) in [5.41, 5.74) is 0. The summed E-state index contributed by atoms with van der Waals surface area (Å²) in [6.07, 6.45) is 5.37. The van der Waals surface area contributed by atoms with E-state index in [1.54, 1.807) is 0 Å². The number of halogens is 2. The number of unbranched alkanes of at least 4 members (excludes halogenated alkanes) is 4. The number of alkyl halides is 2. The largest absolute Gasteiger partial charge is 0.393 e. The molecule has 5 nitrogen and oxygen atoms in total. The zero-order chi connectivity index (χ0) is 21.5. The van der Waals surface area contributed by atoms with E-state index < -0.39 is 23.9 Å². The van der Waals surface area contributed by atoms with Crippen molar-refractivity contribution in [3.8, 4) is 0 Å². The van der Waals surface area contributed by atoms with E-state index in [1.807, 2.05) is 13.8 Å². The lowest BCUT2D eigenvalue weighted by molar-refractivity contribution is -0.356. The summed E-state index contributed by atoms with van der Waals surface area (Å²) >= 11 is 0. The molecule has 5 atom stereocenters. The molecule has 29 heavy (non-hydrogen) atoms. The lowest BCUT2D eigenvalue weighted by Gasteiger charge is -2.44. The molecule has 1 aliphatic carbocycles. The number of fused-ring (bicyclic) bond motifs is 1. The number of carbonyl (C=O) groups is 1. The van der Waals surface area contributed by atoms with Crippen LogP contribution >= 0.6 is 0 Å². The van der Waals surface area contributed by atoms with Gasteiger partial charge >= 0.3 is 5.92 Å². The zero-order valence-electron chi connectivity index (χ0n) is 18.0. The molecule has 1 aliphatic heterocycles. The molecule has 0 aromatic rings. The summed E-state index contributed by atoms with van der Waals surface area (Å²) < 4.78 is 34.5. The predicted molar refractivity (Wildman–Crippen MR) is 108 cm³/mol. The number of carbonyl (C=O) groups excluding carboxylic acids is 1. The average Bonchev–Trinajstić information content (AvgIpc) is 2.97. The Morgan fingerprint density at radius 2 is 1.93 bits per heavy atom. The third-order valence-corrected chi connectivity index (χ3v) is 6.64. The lowest BCUT2D eigenvalue weighted by Crippen LogP contribution is -2.55. The third kappa shape index (κ3) is 6.34. The van der Waals surface area contributed by atoms with Crippen molar-refractivity contribution in [2.45, 2.75) is 115 Å². The van der Waals surface area contributed by atoms with Crippen molar-refractivity contribution >= 4 is 5.91 Å². The van der Waals surface area contributed by atoms with Gasteiger partial charge < -0.3 is 20.3 Å². The van der Waals surface area contributed by atoms with Crippen molar-refractivity contribution < 1.29 is 28.5 Å². The molecule has 5 unspecified atom stereocenters. The van der Waals surface area contributed by atoms with Gasteiger partial charge in [-0.1, -0.05) is 32.6 Å². The van der Waals surface area contributed by atoms with Crippen LogP contribution in [0.5, 0.6) is 0 Å². The Morgan fingerprint density at radius 1 is 1.21 bits per heavy atom. The molecule has 2 aliphatic rings. The van der Waals surface area contributed by atoms with Crippen LogP contribution in [0, 0.1) is 11.8 Å². The van der Waals surface area contributed by atoms with Crippen LogP contribution in [0.1, 0.15) is 90.9 Å². The maximum atomic E-state index is 14.5. The first-order valence-electron chi connectivity index (χ1n) is 11.5. The van der Waals surface area contributed by atoms with Crippen LogP contribution < -0.4 is 5.32 Å². The number of nitrogens with one attached hydrogen (secondary N) is 1. The standard InChI is InChI=1S/C22H39F2NO4/c1-3-5-13-21(23,24)22(28)14-12-17-16(18(26)15-19(17)29-22)10-8-6-7-9-11-20(27)25-4-2/h16-19,26,28H,3-15H2,1-2H3,(H,25,27). The van der Waals surface area contributed by atoms with Crippen molar-refractivity contribution in [2.75, 3.05) is 6.54 Å². The Balaban J connectivity index is 1.77. The van der Waals surface area contributed by atoms with Crippen molar-refractivity contribution in [3.63, 3.8) is 0 Å². The second-order valence-corrected chi connectivity index (χ2v) is 8.82. The number of ether oxygens (including phenoxy) is 1. The lowest BCUT2D eigenvalue weighted by atomic mass is 9.81. The second-order valence-electron chi connectivity index (χ2n) is 8.82. The van der Waals surface area contributed by atoms with Gasteiger partial charge in [0.2, 0.25) is 11.7 Å². The van der Waals surface area contributed by atoms with E-state index in [2.05, 4.69) is 5.32 Å². The second kappa shape index (κ2) is 11.0. The maximum absolute atomic E-state index is 14.5. The van der Waals surface area contributed by atoms with E-state index in [0.717, 1.165) is 32.1 Å². The van der Waals surface area contributed by atoms with Gasteiger partial charge in [0, 0.05) is 32.2 Å². The van der Waals surface area contributed by atoms with Crippen molar-refractivity contribution in [1.82, 2.24) is 5.32 Å². The van der Waals surface area contributed by atoms with Gasteiger partial charge in [0.1, 0.15) is 0 Å². The van der Waals surface area contributed by atoms with Crippen molar-refractivity contribution in [3.05, 3.63) is 0 Å². The zero-order valence-corrected chi connectivity index (χ0v) is 18.0. The van der Waals surface area contributed by atoms with Gasteiger partial charge in [-0.15, -0.1) is 0 Å². The molecule has 0 aromatic carbocycles. The molecule has 2 fully saturated rings. The summed E-state index contributed by atoms with van der Waals surface area (Å²) in [6, 6.07) is 0. The highest BCUT2D eigenvalue weighted by molar-refractivity contribution is 5.75. The van der Waals surface area contributed by atoms with Crippen LogP contribution in [0.3, 0.4) is 0 Å². The topological polar surface area (TPSA) is 78.8 Å². The molecule has 0 aromatic heterocycles. The van der Waals surface area contributed by atoms with E-state index in [9.17, 15) is 23.8 Å². The van der Waals surface area contributed by atoms with Crippen LogP contribution in [-0.2, 0) is 9.53 Å². The monoisotopic (exact) mass is 419 g/mol. The summed E-state index contributed by atoms with van der Waals surface area (Å²) in [7, 11) is 0. The van der Waals surface area contributed by atoms with Crippen LogP contribution in [-0.4, -0.2) is 46.6 Å². The van der Waals surface area contributed by atoms with Crippen molar-refractivity contribution in [1.29, 1.82) is 0 Å². The van der Waals surface area contributed by atoms with E-state index in [1.165, 1.54) is 0 Å². The first-order chi connectivity index (χ1) is 13.7. The van der Waals surface area contributed by atoms with Gasteiger partial charge in [0.05, 0.1) is 12.2 Å². The molecule has 7 heteroatoms. The first-order valence-corrected chi connectivity index (χ1v) is 11.5. The van der Waals surface area contributed by atoms with Crippen molar-refractivity contribution in [2.24, 2.45) is 11.8 Å². The fourth-order valence-corrected chi connectivity index (χ4v) is 4.93. The first kappa shape index (κ1) is 24.5. The summed E-state index contributed by atoms with van der Waals surface area (Å²) in [5.74, 6) is -5.51. The molecule has 3 N–H and O–H groups in total. The molecule has 1 amide bonds. The molecular weight excluding hydrogens is 380 g/mol. The normalized spacial score (nSPS) is 32.2. The molecule has 1 saturated heterocycles. The van der Waals surface area contributed by atoms with Crippen LogP contribution in [0.15, 0.2) is 0 Å². The summed E-state index contributed by atoms with van der Waals surface area (Å²) in [4.78, 5) is 11.4. The molecule has 1 saturated carbocycles. The number of hydrogen-bond acceptors (Lipinski definition) is 4. The SMILES string of the molecule is CCCCC(F)(F)C1(O)CCC2C(CC(O)C2CCCCCCC(=O)NCC)O1. The molecule has 170 valence electrons. The van der Waals surface area contributed by atoms with Gasteiger partial charge in [0.25, 0.3) is 0 Å². The van der Waals surface area contributed by atoms with E-state index >= 15 is 0 Å². The number of amides is 1. The maximum Gasteiger partial charge on any atom is 0.300 e. The molecule has 0 spiro atoms. The number of aliphatic hydroxyl groups excluding tert-OH is 1. The molecule has 0 bridgehead atoms. The van der Waals surface area contributed by atoms with E-state index in [-0.39, 0.29) is 30.6 Å². The minimum absolute atomic E-state index is 0.0302. The van der Waals surface area contributed by atoms with E-state index in [4.69, 9.17) is 4.74 Å². The van der Waals surface area contributed by atoms with Gasteiger partial charge in [-0.2, -0.15) is 0 Å².